The van der Waals surface area contributed by atoms with Crippen LogP contribution in [0.5, 0.6) is 17.2 Å². The first-order valence-corrected chi connectivity index (χ1v) is 7.92. The standard InChI is InChI=1S/C21H18O4/c22-13-18-11-20(24-14-16-7-3-1-4-8-16)21(12-19(18)23)25-15-17-9-5-2-6-10-17/h1-13,23H,14-15H2. The molecule has 0 unspecified atom stereocenters. The van der Waals surface area contributed by atoms with Crippen LogP contribution in [-0.2, 0) is 13.2 Å². The second-order valence-electron chi connectivity index (χ2n) is 5.52. The van der Waals surface area contributed by atoms with Crippen LogP contribution < -0.4 is 9.47 Å². The highest BCUT2D eigenvalue weighted by atomic mass is 16.5. The molecule has 0 heterocycles. The van der Waals surface area contributed by atoms with E-state index >= 15 is 0 Å². The monoisotopic (exact) mass is 334 g/mol. The smallest absolute Gasteiger partial charge is 0.165 e. The summed E-state index contributed by atoms with van der Waals surface area (Å²) in [5.41, 5.74) is 2.16. The number of ether oxygens (including phenoxy) is 2. The highest BCUT2D eigenvalue weighted by molar-refractivity contribution is 5.81. The van der Waals surface area contributed by atoms with E-state index in [1.807, 2.05) is 60.7 Å². The molecule has 0 aliphatic rings. The van der Waals surface area contributed by atoms with E-state index in [2.05, 4.69) is 0 Å². The molecule has 0 spiro atoms. The predicted octanol–water partition coefficient (Wildman–Crippen LogP) is 4.36. The van der Waals surface area contributed by atoms with Gasteiger partial charge >= 0.3 is 0 Å². The molecule has 25 heavy (non-hydrogen) atoms. The van der Waals surface area contributed by atoms with Gasteiger partial charge in [0.2, 0.25) is 0 Å². The van der Waals surface area contributed by atoms with Crippen molar-refractivity contribution in [3.63, 3.8) is 0 Å². The van der Waals surface area contributed by atoms with Crippen LogP contribution in [0.4, 0.5) is 0 Å². The number of benzene rings is 3. The van der Waals surface area contributed by atoms with Crippen molar-refractivity contribution in [1.29, 1.82) is 0 Å². The minimum Gasteiger partial charge on any atom is -0.507 e. The summed E-state index contributed by atoms with van der Waals surface area (Å²) >= 11 is 0. The van der Waals surface area contributed by atoms with Gasteiger partial charge in [-0.3, -0.25) is 4.79 Å². The SMILES string of the molecule is O=Cc1cc(OCc2ccccc2)c(OCc2ccccc2)cc1O. The third-order valence-corrected chi connectivity index (χ3v) is 3.69. The number of hydrogen-bond acceptors (Lipinski definition) is 4. The van der Waals surface area contributed by atoms with Gasteiger partial charge in [-0.1, -0.05) is 60.7 Å². The molecule has 0 saturated heterocycles. The Kier molecular flexibility index (Phi) is 5.32. The Hall–Kier alpha value is -3.27. The summed E-state index contributed by atoms with van der Waals surface area (Å²) in [5.74, 6) is 0.674. The van der Waals surface area contributed by atoms with Gasteiger partial charge in [-0.15, -0.1) is 0 Å². The van der Waals surface area contributed by atoms with E-state index in [1.54, 1.807) is 0 Å². The number of aromatic hydroxyl groups is 1. The molecular formula is C21H18O4. The molecule has 0 fully saturated rings. The Morgan fingerprint density at radius 3 is 1.72 bits per heavy atom. The number of rotatable bonds is 7. The van der Waals surface area contributed by atoms with Crippen LogP contribution in [0.2, 0.25) is 0 Å². The first kappa shape index (κ1) is 16.6. The summed E-state index contributed by atoms with van der Waals surface area (Å²) in [7, 11) is 0. The maximum Gasteiger partial charge on any atom is 0.165 e. The average Bonchev–Trinajstić information content (AvgIpc) is 2.67. The minimum absolute atomic E-state index is 0.134. The molecule has 0 atom stereocenters. The maximum atomic E-state index is 11.1. The van der Waals surface area contributed by atoms with Crippen molar-refractivity contribution >= 4 is 6.29 Å². The lowest BCUT2D eigenvalue weighted by Gasteiger charge is -2.14. The fraction of sp³-hybridized carbons (Fsp3) is 0.0952. The van der Waals surface area contributed by atoms with Crippen LogP contribution in [0, 0.1) is 0 Å². The quantitative estimate of drug-likeness (QED) is 0.652. The van der Waals surface area contributed by atoms with E-state index < -0.39 is 0 Å². The van der Waals surface area contributed by atoms with Crippen LogP contribution in [0.3, 0.4) is 0 Å². The van der Waals surface area contributed by atoms with Crippen molar-refractivity contribution in [3.05, 3.63) is 89.5 Å². The molecule has 126 valence electrons. The number of hydrogen-bond donors (Lipinski definition) is 1. The number of carbonyl (C=O) groups is 1. The second kappa shape index (κ2) is 8.02. The maximum absolute atomic E-state index is 11.1. The zero-order valence-corrected chi connectivity index (χ0v) is 13.6. The Balaban J connectivity index is 1.79. The topological polar surface area (TPSA) is 55.8 Å². The molecule has 1 N–H and O–H groups in total. The van der Waals surface area contributed by atoms with Gasteiger partial charge in [0.25, 0.3) is 0 Å². The first-order valence-electron chi connectivity index (χ1n) is 7.92. The fourth-order valence-corrected chi connectivity index (χ4v) is 2.36. The lowest BCUT2D eigenvalue weighted by molar-refractivity contribution is 0.112. The molecule has 0 amide bonds. The Morgan fingerprint density at radius 2 is 1.24 bits per heavy atom. The summed E-state index contributed by atoms with van der Waals surface area (Å²) in [6.07, 6.45) is 0.589. The average molecular weight is 334 g/mol. The third-order valence-electron chi connectivity index (χ3n) is 3.69. The van der Waals surface area contributed by atoms with Crippen LogP contribution in [0.1, 0.15) is 21.5 Å². The van der Waals surface area contributed by atoms with Gasteiger partial charge < -0.3 is 14.6 Å². The highest BCUT2D eigenvalue weighted by Crippen LogP contribution is 2.34. The molecule has 3 aromatic carbocycles. The molecular weight excluding hydrogens is 316 g/mol. The van der Waals surface area contributed by atoms with Crippen molar-refractivity contribution in [1.82, 2.24) is 0 Å². The van der Waals surface area contributed by atoms with Gasteiger partial charge in [0.1, 0.15) is 19.0 Å². The molecule has 4 heteroatoms. The zero-order chi connectivity index (χ0) is 17.5. The minimum atomic E-state index is -0.134. The van der Waals surface area contributed by atoms with E-state index in [0.29, 0.717) is 31.0 Å². The summed E-state index contributed by atoms with van der Waals surface area (Å²) in [5, 5.41) is 9.93. The van der Waals surface area contributed by atoms with Crippen LogP contribution >= 0.6 is 0 Å². The molecule has 0 bridgehead atoms. The third kappa shape index (κ3) is 4.38. The van der Waals surface area contributed by atoms with E-state index in [-0.39, 0.29) is 11.3 Å². The normalized spacial score (nSPS) is 10.2. The molecule has 4 nitrogen and oxygen atoms in total. The number of carbonyl (C=O) groups excluding carboxylic acids is 1. The highest BCUT2D eigenvalue weighted by Gasteiger charge is 2.12. The van der Waals surface area contributed by atoms with Gasteiger partial charge in [0.05, 0.1) is 5.56 Å². The Bertz CT molecular complexity index is 829. The lowest BCUT2D eigenvalue weighted by atomic mass is 10.2. The second-order valence-corrected chi connectivity index (χ2v) is 5.52. The predicted molar refractivity (Wildman–Crippen MR) is 95.0 cm³/mol. The van der Waals surface area contributed by atoms with Gasteiger partial charge in [-0.05, 0) is 17.2 Å². The van der Waals surface area contributed by atoms with Gasteiger partial charge in [-0.2, -0.15) is 0 Å². The zero-order valence-electron chi connectivity index (χ0n) is 13.6. The van der Waals surface area contributed by atoms with Crippen molar-refractivity contribution in [2.75, 3.05) is 0 Å². The Morgan fingerprint density at radius 1 is 0.760 bits per heavy atom. The fourth-order valence-electron chi connectivity index (χ4n) is 2.36. The van der Waals surface area contributed by atoms with Gasteiger partial charge in [-0.25, -0.2) is 0 Å². The van der Waals surface area contributed by atoms with Gasteiger partial charge in [0.15, 0.2) is 17.8 Å². The molecule has 0 radical (unpaired) electrons. The lowest BCUT2D eigenvalue weighted by Crippen LogP contribution is -2.01. The molecule has 3 aromatic rings. The largest absolute Gasteiger partial charge is 0.507 e. The number of phenolic OH excluding ortho intramolecular Hbond substituents is 1. The van der Waals surface area contributed by atoms with E-state index in [1.165, 1.54) is 12.1 Å². The van der Waals surface area contributed by atoms with Gasteiger partial charge in [0, 0.05) is 6.07 Å². The van der Waals surface area contributed by atoms with Crippen molar-refractivity contribution in [3.8, 4) is 17.2 Å². The van der Waals surface area contributed by atoms with E-state index in [0.717, 1.165) is 11.1 Å². The summed E-state index contributed by atoms with van der Waals surface area (Å²) in [6.45, 7) is 0.675. The summed E-state index contributed by atoms with van der Waals surface area (Å²) in [6, 6.07) is 22.3. The van der Waals surface area contributed by atoms with Crippen molar-refractivity contribution in [2.24, 2.45) is 0 Å². The number of phenols is 1. The first-order chi connectivity index (χ1) is 12.3. The van der Waals surface area contributed by atoms with E-state index in [9.17, 15) is 9.90 Å². The molecule has 0 aromatic heterocycles. The molecule has 0 saturated carbocycles. The summed E-state index contributed by atoms with van der Waals surface area (Å²) < 4.78 is 11.6. The van der Waals surface area contributed by atoms with Crippen LogP contribution in [0.25, 0.3) is 0 Å². The van der Waals surface area contributed by atoms with Crippen molar-refractivity contribution < 1.29 is 19.4 Å². The molecule has 0 aliphatic heterocycles. The van der Waals surface area contributed by atoms with Crippen LogP contribution in [0.15, 0.2) is 72.8 Å². The molecule has 3 rings (SSSR count). The summed E-state index contributed by atoms with van der Waals surface area (Å²) in [4.78, 5) is 11.1. The molecule has 0 aliphatic carbocycles. The Labute approximate surface area is 146 Å². The van der Waals surface area contributed by atoms with Crippen LogP contribution in [-0.4, -0.2) is 11.4 Å². The number of aldehydes is 1. The van der Waals surface area contributed by atoms with Crippen molar-refractivity contribution in [2.45, 2.75) is 13.2 Å². The van der Waals surface area contributed by atoms with E-state index in [4.69, 9.17) is 9.47 Å².